The van der Waals surface area contributed by atoms with Gasteiger partial charge in [0.25, 0.3) is 5.91 Å². The summed E-state index contributed by atoms with van der Waals surface area (Å²) in [5, 5.41) is 12.0. The smallest absolute Gasteiger partial charge is 0.272 e. The Hall–Kier alpha value is -1.27. The molecule has 4 rings (SSSR count). The van der Waals surface area contributed by atoms with Crippen LogP contribution in [0.1, 0.15) is 34.6 Å². The predicted molar refractivity (Wildman–Crippen MR) is 102 cm³/mol. The van der Waals surface area contributed by atoms with E-state index in [1.54, 1.807) is 12.1 Å². The van der Waals surface area contributed by atoms with E-state index in [4.69, 9.17) is 23.2 Å². The number of hydrogen-bond donors (Lipinski definition) is 2. The zero-order valence-corrected chi connectivity index (χ0v) is 15.8. The summed E-state index contributed by atoms with van der Waals surface area (Å²) in [6.45, 7) is 1.76. The molecule has 2 aromatic rings. The molecule has 1 saturated heterocycles. The van der Waals surface area contributed by atoms with Gasteiger partial charge in [0.15, 0.2) is 5.69 Å². The molecule has 1 aliphatic carbocycles. The molecule has 0 radical (unpaired) electrons. The monoisotopic (exact) mass is 400 g/mol. The van der Waals surface area contributed by atoms with E-state index in [0.717, 1.165) is 55.7 Å². The summed E-state index contributed by atoms with van der Waals surface area (Å²) in [5.41, 5.74) is 3.42. The molecule has 0 spiro atoms. The van der Waals surface area contributed by atoms with E-state index in [1.807, 2.05) is 10.7 Å². The summed E-state index contributed by atoms with van der Waals surface area (Å²) < 4.78 is 1.81. The second-order valence-corrected chi connectivity index (χ2v) is 7.14. The van der Waals surface area contributed by atoms with Gasteiger partial charge < -0.3 is 10.6 Å². The summed E-state index contributed by atoms with van der Waals surface area (Å²) in [6.07, 6.45) is 3.77. The number of aromatic nitrogens is 2. The Labute approximate surface area is 162 Å². The van der Waals surface area contributed by atoms with Crippen molar-refractivity contribution in [2.75, 3.05) is 13.1 Å². The van der Waals surface area contributed by atoms with Crippen molar-refractivity contribution in [1.82, 2.24) is 20.4 Å². The summed E-state index contributed by atoms with van der Waals surface area (Å²) >= 11 is 12.3. The van der Waals surface area contributed by atoms with Crippen molar-refractivity contribution in [2.24, 2.45) is 0 Å². The number of hydrogen-bond acceptors (Lipinski definition) is 3. The molecule has 1 amide bonds. The predicted octanol–water partition coefficient (Wildman–Crippen LogP) is 3.18. The summed E-state index contributed by atoms with van der Waals surface area (Å²) in [4.78, 5) is 12.7. The molecule has 25 heavy (non-hydrogen) atoms. The highest BCUT2D eigenvalue weighted by Crippen LogP contribution is 2.31. The van der Waals surface area contributed by atoms with Crippen LogP contribution < -0.4 is 10.6 Å². The zero-order valence-electron chi connectivity index (χ0n) is 13.5. The maximum absolute atomic E-state index is 12.7. The Balaban J connectivity index is 0.00000182. The van der Waals surface area contributed by atoms with Gasteiger partial charge in [-0.2, -0.15) is 5.10 Å². The van der Waals surface area contributed by atoms with Gasteiger partial charge in [0.05, 0.1) is 10.7 Å². The van der Waals surface area contributed by atoms with Gasteiger partial charge in [0.1, 0.15) is 0 Å². The van der Waals surface area contributed by atoms with E-state index in [1.165, 1.54) is 0 Å². The van der Waals surface area contributed by atoms with Crippen molar-refractivity contribution < 1.29 is 4.79 Å². The summed E-state index contributed by atoms with van der Waals surface area (Å²) in [6, 6.07) is 5.51. The first-order chi connectivity index (χ1) is 11.6. The highest BCUT2D eigenvalue weighted by atomic mass is 35.5. The largest absolute Gasteiger partial charge is 0.347 e. The number of amides is 1. The van der Waals surface area contributed by atoms with E-state index in [0.29, 0.717) is 15.7 Å². The third-order valence-electron chi connectivity index (χ3n) is 4.68. The molecular weight excluding hydrogens is 383 g/mol. The van der Waals surface area contributed by atoms with E-state index < -0.39 is 0 Å². The van der Waals surface area contributed by atoms with Crippen LogP contribution in [0.4, 0.5) is 0 Å². The number of nitrogens with one attached hydrogen (secondary N) is 2. The van der Waals surface area contributed by atoms with E-state index in [9.17, 15) is 4.79 Å². The fraction of sp³-hybridized carbons (Fsp3) is 0.412. The molecule has 1 atom stereocenters. The topological polar surface area (TPSA) is 59.0 Å². The number of carbonyl (C=O) groups is 1. The lowest BCUT2D eigenvalue weighted by atomic mass is 10.1. The fourth-order valence-corrected chi connectivity index (χ4v) is 3.99. The van der Waals surface area contributed by atoms with E-state index in [-0.39, 0.29) is 24.4 Å². The van der Waals surface area contributed by atoms with Crippen LogP contribution >= 0.6 is 35.6 Å². The van der Waals surface area contributed by atoms with Gasteiger partial charge in [-0.05, 0) is 50.4 Å². The highest BCUT2D eigenvalue weighted by Gasteiger charge is 2.29. The molecule has 2 N–H and O–H groups in total. The molecule has 1 aromatic carbocycles. The third-order valence-corrected chi connectivity index (χ3v) is 5.22. The molecule has 1 unspecified atom stereocenters. The lowest BCUT2D eigenvalue weighted by Gasteiger charge is -2.10. The van der Waals surface area contributed by atoms with Crippen molar-refractivity contribution in [3.05, 3.63) is 45.2 Å². The van der Waals surface area contributed by atoms with Gasteiger partial charge in [0, 0.05) is 28.9 Å². The number of benzene rings is 1. The maximum Gasteiger partial charge on any atom is 0.272 e. The van der Waals surface area contributed by atoms with Crippen molar-refractivity contribution in [2.45, 2.75) is 31.7 Å². The van der Waals surface area contributed by atoms with Gasteiger partial charge in [-0.1, -0.05) is 23.2 Å². The van der Waals surface area contributed by atoms with Gasteiger partial charge >= 0.3 is 0 Å². The minimum absolute atomic E-state index is 0. The minimum atomic E-state index is -0.0920. The number of carbonyl (C=O) groups excluding carboxylic acids is 1. The molecule has 134 valence electrons. The first-order valence-electron chi connectivity index (χ1n) is 8.21. The lowest BCUT2D eigenvalue weighted by Crippen LogP contribution is -2.36. The fourth-order valence-electron chi connectivity index (χ4n) is 3.50. The van der Waals surface area contributed by atoms with Crippen LogP contribution in [-0.4, -0.2) is 34.8 Å². The van der Waals surface area contributed by atoms with Crippen LogP contribution in [0.25, 0.3) is 5.69 Å². The van der Waals surface area contributed by atoms with Crippen molar-refractivity contribution in [3.63, 3.8) is 0 Å². The number of halogens is 3. The van der Waals surface area contributed by atoms with Crippen molar-refractivity contribution >= 4 is 41.5 Å². The normalized spacial score (nSPS) is 18.7. The lowest BCUT2D eigenvalue weighted by molar-refractivity contribution is 0.0933. The first kappa shape index (κ1) is 18.5. The Kier molecular flexibility index (Phi) is 5.58. The molecule has 0 saturated carbocycles. The Morgan fingerprint density at radius 3 is 2.88 bits per heavy atom. The van der Waals surface area contributed by atoms with Gasteiger partial charge in [0.2, 0.25) is 0 Å². The molecule has 8 heteroatoms. The SMILES string of the molecule is Cl.O=C(NC1CCNC1)c1nn(-c2ccc(Cl)cc2Cl)c2c1CCC2. The summed E-state index contributed by atoms with van der Waals surface area (Å²) in [7, 11) is 0. The molecule has 2 aliphatic rings. The molecule has 5 nitrogen and oxygen atoms in total. The van der Waals surface area contributed by atoms with Crippen molar-refractivity contribution in [1.29, 1.82) is 0 Å². The number of fused-ring (bicyclic) bond motifs is 1. The summed E-state index contributed by atoms with van der Waals surface area (Å²) in [5.74, 6) is -0.0920. The quantitative estimate of drug-likeness (QED) is 0.830. The minimum Gasteiger partial charge on any atom is -0.347 e. The Morgan fingerprint density at radius 2 is 2.16 bits per heavy atom. The molecule has 1 aliphatic heterocycles. The van der Waals surface area contributed by atoms with Crippen LogP contribution in [0, 0.1) is 0 Å². The number of rotatable bonds is 3. The molecule has 0 bridgehead atoms. The highest BCUT2D eigenvalue weighted by molar-refractivity contribution is 6.35. The first-order valence-corrected chi connectivity index (χ1v) is 8.97. The van der Waals surface area contributed by atoms with Crippen molar-refractivity contribution in [3.8, 4) is 5.69 Å². The molecular formula is C17H19Cl3N4O. The van der Waals surface area contributed by atoms with Crippen LogP contribution in [-0.2, 0) is 12.8 Å². The average molecular weight is 402 g/mol. The Morgan fingerprint density at radius 1 is 1.32 bits per heavy atom. The molecule has 1 fully saturated rings. The molecule has 2 heterocycles. The zero-order chi connectivity index (χ0) is 16.7. The van der Waals surface area contributed by atoms with Gasteiger partial charge in [-0.15, -0.1) is 12.4 Å². The maximum atomic E-state index is 12.7. The third kappa shape index (κ3) is 3.51. The van der Waals surface area contributed by atoms with E-state index >= 15 is 0 Å². The Bertz CT molecular complexity index is 799. The van der Waals surface area contributed by atoms with Gasteiger partial charge in [-0.3, -0.25) is 4.79 Å². The molecule has 1 aromatic heterocycles. The average Bonchev–Trinajstić information content (AvgIpc) is 3.24. The van der Waals surface area contributed by atoms with Crippen LogP contribution in [0.2, 0.25) is 10.0 Å². The van der Waals surface area contributed by atoms with Crippen LogP contribution in [0.15, 0.2) is 18.2 Å². The van der Waals surface area contributed by atoms with Gasteiger partial charge in [-0.25, -0.2) is 4.68 Å². The number of nitrogens with zero attached hydrogens (tertiary/aromatic N) is 2. The van der Waals surface area contributed by atoms with Crippen LogP contribution in [0.3, 0.4) is 0 Å². The second kappa shape index (κ2) is 7.54. The second-order valence-electron chi connectivity index (χ2n) is 6.30. The standard InChI is InChI=1S/C17H18Cl2N4O.ClH/c18-10-4-5-15(13(19)8-10)23-14-3-1-2-12(14)16(22-23)17(24)21-11-6-7-20-9-11;/h4-5,8,11,20H,1-3,6-7,9H2,(H,21,24);1H. The van der Waals surface area contributed by atoms with Crippen LogP contribution in [0.5, 0.6) is 0 Å². The van der Waals surface area contributed by atoms with E-state index in [2.05, 4.69) is 15.7 Å².